The molecule has 5 nitrogen and oxygen atoms in total. The average Bonchev–Trinajstić information content (AvgIpc) is 3.54. The predicted molar refractivity (Wildman–Crippen MR) is 105 cm³/mol. The average molecular weight is 362 g/mol. The third-order valence-corrected chi connectivity index (χ3v) is 5.25. The molecular formula is C22H22N2O3. The Morgan fingerprint density at radius 2 is 1.85 bits per heavy atom. The van der Waals surface area contributed by atoms with Gasteiger partial charge in [0.25, 0.3) is 11.5 Å². The molecule has 0 radical (unpaired) electrons. The van der Waals surface area contributed by atoms with E-state index in [4.69, 9.17) is 4.74 Å². The van der Waals surface area contributed by atoms with Crippen LogP contribution >= 0.6 is 0 Å². The largest absolute Gasteiger partial charge is 0.497 e. The fourth-order valence-corrected chi connectivity index (χ4v) is 3.53. The van der Waals surface area contributed by atoms with E-state index >= 15 is 0 Å². The second kappa shape index (κ2) is 6.91. The van der Waals surface area contributed by atoms with E-state index in [2.05, 4.69) is 5.32 Å². The summed E-state index contributed by atoms with van der Waals surface area (Å²) < 4.78 is 6.79. The van der Waals surface area contributed by atoms with Gasteiger partial charge < -0.3 is 14.6 Å². The zero-order valence-electron chi connectivity index (χ0n) is 15.4. The number of amides is 1. The summed E-state index contributed by atoms with van der Waals surface area (Å²) in [7, 11) is 3.35. The van der Waals surface area contributed by atoms with Gasteiger partial charge in [0, 0.05) is 18.5 Å². The lowest BCUT2D eigenvalue weighted by Gasteiger charge is -2.20. The lowest BCUT2D eigenvalue weighted by atomic mass is 10.0. The Bertz CT molecular complexity index is 1050. The van der Waals surface area contributed by atoms with E-state index in [1.54, 1.807) is 18.7 Å². The molecule has 0 saturated heterocycles. The van der Waals surface area contributed by atoms with Gasteiger partial charge in [-0.15, -0.1) is 0 Å². The molecule has 1 saturated carbocycles. The Morgan fingerprint density at radius 3 is 2.52 bits per heavy atom. The smallest absolute Gasteiger partial charge is 0.252 e. The number of aromatic nitrogens is 1. The van der Waals surface area contributed by atoms with Crippen LogP contribution in [0.2, 0.25) is 0 Å². The quantitative estimate of drug-likeness (QED) is 0.756. The molecule has 3 aromatic rings. The molecule has 1 fully saturated rings. The first-order valence-electron chi connectivity index (χ1n) is 9.12. The molecule has 1 atom stereocenters. The number of methoxy groups -OCH3 is 1. The van der Waals surface area contributed by atoms with E-state index in [-0.39, 0.29) is 17.5 Å². The second-order valence-electron chi connectivity index (χ2n) is 7.03. The fraction of sp³-hybridized carbons (Fsp3) is 0.273. The summed E-state index contributed by atoms with van der Waals surface area (Å²) in [5, 5.41) is 3.94. The van der Waals surface area contributed by atoms with E-state index in [0.717, 1.165) is 35.1 Å². The van der Waals surface area contributed by atoms with Crippen molar-refractivity contribution >= 4 is 16.8 Å². The molecule has 138 valence electrons. The van der Waals surface area contributed by atoms with Crippen molar-refractivity contribution in [2.75, 3.05) is 7.11 Å². The number of rotatable bonds is 5. The highest BCUT2D eigenvalue weighted by molar-refractivity contribution is 6.06. The number of benzene rings is 2. The number of nitrogens with zero attached hydrogens (tertiary/aromatic N) is 1. The van der Waals surface area contributed by atoms with Gasteiger partial charge in [-0.3, -0.25) is 9.59 Å². The summed E-state index contributed by atoms with van der Waals surface area (Å²) in [6, 6.07) is 16.6. The summed E-state index contributed by atoms with van der Waals surface area (Å²) in [6.45, 7) is 0. The van der Waals surface area contributed by atoms with E-state index in [9.17, 15) is 9.59 Å². The van der Waals surface area contributed by atoms with Gasteiger partial charge in [-0.25, -0.2) is 0 Å². The maximum Gasteiger partial charge on any atom is 0.252 e. The van der Waals surface area contributed by atoms with Crippen LogP contribution in [0.4, 0.5) is 0 Å². The van der Waals surface area contributed by atoms with Crippen LogP contribution in [0.1, 0.15) is 34.8 Å². The number of hydrogen-bond acceptors (Lipinski definition) is 3. The number of ether oxygens (including phenoxy) is 1. The van der Waals surface area contributed by atoms with E-state index < -0.39 is 0 Å². The fourth-order valence-electron chi connectivity index (χ4n) is 3.53. The summed E-state index contributed by atoms with van der Waals surface area (Å²) in [6.07, 6.45) is 2.18. The van der Waals surface area contributed by atoms with Crippen LogP contribution in [0.5, 0.6) is 5.75 Å². The number of carbonyl (C=O) groups is 1. The minimum atomic E-state index is -0.211. The summed E-state index contributed by atoms with van der Waals surface area (Å²) in [4.78, 5) is 25.4. The Labute approximate surface area is 157 Å². The predicted octanol–water partition coefficient (Wildman–Crippen LogP) is 3.43. The molecule has 1 amide bonds. The van der Waals surface area contributed by atoms with Crippen LogP contribution in [0, 0.1) is 5.92 Å². The molecule has 1 aliphatic rings. The third kappa shape index (κ3) is 3.33. The molecule has 0 spiro atoms. The monoisotopic (exact) mass is 362 g/mol. The molecule has 1 N–H and O–H groups in total. The maximum absolute atomic E-state index is 13.1. The SMILES string of the molecule is COc1ccc([C@@H](NC(=O)c2cc(=O)n(C)c3ccccc23)C2CC2)cc1. The highest BCUT2D eigenvalue weighted by atomic mass is 16.5. The standard InChI is InChI=1S/C22H22N2O3/c1-24-19-6-4-3-5-17(19)18(13-20(24)25)22(26)23-21(14-7-8-14)15-9-11-16(27-2)12-10-15/h3-6,9-14,21H,7-8H2,1-2H3,(H,23,26)/t21-/m0/s1. The van der Waals surface area contributed by atoms with Crippen molar-refractivity contribution in [3.8, 4) is 5.75 Å². The molecule has 0 bridgehead atoms. The Morgan fingerprint density at radius 1 is 1.15 bits per heavy atom. The first kappa shape index (κ1) is 17.3. The van der Waals surface area contributed by atoms with Gasteiger partial charge >= 0.3 is 0 Å². The van der Waals surface area contributed by atoms with Gasteiger partial charge in [0.05, 0.1) is 24.2 Å². The molecule has 4 rings (SSSR count). The Hall–Kier alpha value is -3.08. The molecule has 5 heteroatoms. The van der Waals surface area contributed by atoms with Gasteiger partial charge in [-0.05, 0) is 42.5 Å². The molecule has 0 unspecified atom stereocenters. The lowest BCUT2D eigenvalue weighted by molar-refractivity contribution is 0.0933. The summed E-state index contributed by atoms with van der Waals surface area (Å²) >= 11 is 0. The van der Waals surface area contributed by atoms with Crippen molar-refractivity contribution in [1.29, 1.82) is 0 Å². The number of carbonyl (C=O) groups excluding carboxylic acids is 1. The molecule has 1 heterocycles. The van der Waals surface area contributed by atoms with E-state index in [1.807, 2.05) is 48.5 Å². The molecule has 0 aliphatic heterocycles. The zero-order chi connectivity index (χ0) is 19.0. The van der Waals surface area contributed by atoms with E-state index in [0.29, 0.717) is 11.5 Å². The van der Waals surface area contributed by atoms with Crippen LogP contribution in [0.25, 0.3) is 10.9 Å². The molecule has 1 aromatic heterocycles. The first-order chi connectivity index (χ1) is 13.1. The van der Waals surface area contributed by atoms with Gasteiger partial charge in [-0.2, -0.15) is 0 Å². The highest BCUT2D eigenvalue weighted by Gasteiger charge is 2.34. The normalized spacial score (nSPS) is 14.7. The number of fused-ring (bicyclic) bond motifs is 1. The van der Waals surface area contributed by atoms with Crippen molar-refractivity contribution < 1.29 is 9.53 Å². The van der Waals surface area contributed by atoms with Crippen molar-refractivity contribution in [2.24, 2.45) is 13.0 Å². The van der Waals surface area contributed by atoms with Gasteiger partial charge in [0.1, 0.15) is 5.75 Å². The minimum Gasteiger partial charge on any atom is -0.497 e. The molecular weight excluding hydrogens is 340 g/mol. The van der Waals surface area contributed by atoms with Crippen LogP contribution in [0.15, 0.2) is 59.4 Å². The van der Waals surface area contributed by atoms with Crippen LogP contribution in [-0.2, 0) is 7.05 Å². The zero-order valence-corrected chi connectivity index (χ0v) is 15.4. The first-order valence-corrected chi connectivity index (χ1v) is 9.12. The molecule has 27 heavy (non-hydrogen) atoms. The number of pyridine rings is 1. The van der Waals surface area contributed by atoms with E-state index in [1.165, 1.54) is 6.07 Å². The van der Waals surface area contributed by atoms with Crippen molar-refractivity contribution in [3.63, 3.8) is 0 Å². The Kier molecular flexibility index (Phi) is 4.44. The van der Waals surface area contributed by atoms with Crippen molar-refractivity contribution in [3.05, 3.63) is 76.1 Å². The maximum atomic E-state index is 13.1. The van der Waals surface area contributed by atoms with Crippen molar-refractivity contribution in [1.82, 2.24) is 9.88 Å². The topological polar surface area (TPSA) is 60.3 Å². The number of para-hydroxylation sites is 1. The number of nitrogens with one attached hydrogen (secondary N) is 1. The number of aryl methyl sites for hydroxylation is 1. The Balaban J connectivity index is 1.69. The van der Waals surface area contributed by atoms with Crippen LogP contribution in [-0.4, -0.2) is 17.6 Å². The van der Waals surface area contributed by atoms with Crippen LogP contribution < -0.4 is 15.6 Å². The summed E-state index contributed by atoms with van der Waals surface area (Å²) in [5.41, 5.74) is 2.04. The second-order valence-corrected chi connectivity index (χ2v) is 7.03. The minimum absolute atomic E-state index is 0.0637. The van der Waals surface area contributed by atoms with Gasteiger partial charge in [-0.1, -0.05) is 30.3 Å². The third-order valence-electron chi connectivity index (χ3n) is 5.25. The van der Waals surface area contributed by atoms with Gasteiger partial charge in [0.2, 0.25) is 0 Å². The molecule has 1 aliphatic carbocycles. The van der Waals surface area contributed by atoms with Crippen LogP contribution in [0.3, 0.4) is 0 Å². The lowest BCUT2D eigenvalue weighted by Crippen LogP contribution is -2.31. The number of hydrogen-bond donors (Lipinski definition) is 1. The van der Waals surface area contributed by atoms with Crippen molar-refractivity contribution in [2.45, 2.75) is 18.9 Å². The van der Waals surface area contributed by atoms with Gasteiger partial charge in [0.15, 0.2) is 0 Å². The summed E-state index contributed by atoms with van der Waals surface area (Å²) in [5.74, 6) is 1.01. The molecule has 2 aromatic carbocycles. The highest BCUT2D eigenvalue weighted by Crippen LogP contribution is 2.41.